The number of oxime groups is 1. The lowest BCUT2D eigenvalue weighted by Crippen LogP contribution is -2.12. The summed E-state index contributed by atoms with van der Waals surface area (Å²) in [6.45, 7) is 5.92. The van der Waals surface area contributed by atoms with E-state index in [2.05, 4.69) is 5.16 Å². The van der Waals surface area contributed by atoms with E-state index in [9.17, 15) is 5.11 Å². The van der Waals surface area contributed by atoms with Gasteiger partial charge in [0.15, 0.2) is 0 Å². The summed E-state index contributed by atoms with van der Waals surface area (Å²) in [5.74, 6) is 0.288. The fourth-order valence-electron chi connectivity index (χ4n) is 1.47. The Bertz CT molecular complexity index is 372. The number of benzene rings is 1. The van der Waals surface area contributed by atoms with E-state index in [1.165, 1.54) is 0 Å². The smallest absolute Gasteiger partial charge is 0.124 e. The van der Waals surface area contributed by atoms with Crippen LogP contribution in [0.3, 0.4) is 0 Å². The molecule has 1 aromatic rings. The number of rotatable bonds is 3. The monoisotopic (exact) mass is 207 g/mol. The normalized spacial score (nSPS) is 13.9. The molecule has 0 spiro atoms. The molecule has 0 saturated carbocycles. The second-order valence-electron chi connectivity index (χ2n) is 3.82. The van der Waals surface area contributed by atoms with E-state index < -0.39 is 0 Å². The van der Waals surface area contributed by atoms with Crippen LogP contribution in [0, 0.1) is 12.8 Å². The minimum Gasteiger partial charge on any atom is -0.507 e. The maximum atomic E-state index is 9.69. The minimum absolute atomic E-state index is 0.127. The third-order valence-electron chi connectivity index (χ3n) is 2.61. The van der Waals surface area contributed by atoms with E-state index in [1.807, 2.05) is 32.9 Å². The molecule has 1 aromatic carbocycles. The van der Waals surface area contributed by atoms with Crippen LogP contribution in [0.25, 0.3) is 0 Å². The molecule has 0 fully saturated rings. The largest absolute Gasteiger partial charge is 0.507 e. The number of phenolic OH excluding ortho intramolecular Hbond substituents is 1. The Morgan fingerprint density at radius 2 is 2.13 bits per heavy atom. The number of aryl methyl sites for hydroxylation is 1. The Balaban J connectivity index is 3.18. The first kappa shape index (κ1) is 11.6. The highest BCUT2D eigenvalue weighted by Gasteiger charge is 2.15. The van der Waals surface area contributed by atoms with Gasteiger partial charge < -0.3 is 10.3 Å². The predicted molar refractivity (Wildman–Crippen MR) is 60.6 cm³/mol. The van der Waals surface area contributed by atoms with Crippen molar-refractivity contribution >= 4 is 5.71 Å². The number of aromatic hydroxyl groups is 1. The van der Waals surface area contributed by atoms with Crippen molar-refractivity contribution in [3.63, 3.8) is 0 Å². The van der Waals surface area contributed by atoms with E-state index in [4.69, 9.17) is 5.21 Å². The van der Waals surface area contributed by atoms with Gasteiger partial charge in [-0.1, -0.05) is 30.6 Å². The van der Waals surface area contributed by atoms with Crippen LogP contribution in [0.15, 0.2) is 23.4 Å². The zero-order valence-electron chi connectivity index (χ0n) is 9.36. The summed E-state index contributed by atoms with van der Waals surface area (Å²) in [4.78, 5) is 0. The van der Waals surface area contributed by atoms with Gasteiger partial charge in [0, 0.05) is 11.5 Å². The molecule has 0 aliphatic rings. The van der Waals surface area contributed by atoms with Gasteiger partial charge in [-0.15, -0.1) is 0 Å². The zero-order valence-corrected chi connectivity index (χ0v) is 9.36. The summed E-state index contributed by atoms with van der Waals surface area (Å²) in [7, 11) is 0. The van der Waals surface area contributed by atoms with Gasteiger partial charge in [-0.05, 0) is 25.5 Å². The van der Waals surface area contributed by atoms with Gasteiger partial charge in [-0.25, -0.2) is 0 Å². The maximum absolute atomic E-state index is 9.69. The minimum atomic E-state index is 0.127. The van der Waals surface area contributed by atoms with Crippen molar-refractivity contribution in [1.82, 2.24) is 0 Å². The first-order valence-electron chi connectivity index (χ1n) is 5.12. The summed E-state index contributed by atoms with van der Waals surface area (Å²) in [6, 6.07) is 5.28. The Labute approximate surface area is 90.1 Å². The molecule has 0 amide bonds. The molecule has 0 bridgehead atoms. The lowest BCUT2D eigenvalue weighted by atomic mass is 9.94. The molecule has 0 saturated heterocycles. The SMILES string of the molecule is CCC(C)/C(=N\O)c1cc(C)ccc1O. The third-order valence-corrected chi connectivity index (χ3v) is 2.61. The molecule has 15 heavy (non-hydrogen) atoms. The van der Waals surface area contributed by atoms with Gasteiger partial charge >= 0.3 is 0 Å². The number of nitrogens with zero attached hydrogens (tertiary/aromatic N) is 1. The van der Waals surface area contributed by atoms with Crippen LogP contribution in [0.2, 0.25) is 0 Å². The van der Waals surface area contributed by atoms with Crippen molar-refractivity contribution in [3.8, 4) is 5.75 Å². The molecule has 2 N–H and O–H groups in total. The maximum Gasteiger partial charge on any atom is 0.124 e. The van der Waals surface area contributed by atoms with E-state index in [0.29, 0.717) is 11.3 Å². The van der Waals surface area contributed by atoms with Crippen LogP contribution in [0.5, 0.6) is 5.75 Å². The first-order chi connectivity index (χ1) is 7.10. The van der Waals surface area contributed by atoms with Crippen molar-refractivity contribution in [3.05, 3.63) is 29.3 Å². The van der Waals surface area contributed by atoms with Crippen LogP contribution in [0.4, 0.5) is 0 Å². The molecule has 1 unspecified atom stereocenters. The van der Waals surface area contributed by atoms with Crippen molar-refractivity contribution in [2.75, 3.05) is 0 Å². The number of hydrogen-bond acceptors (Lipinski definition) is 3. The van der Waals surface area contributed by atoms with Crippen molar-refractivity contribution in [1.29, 1.82) is 0 Å². The molecular formula is C12H17NO2. The standard InChI is InChI=1S/C12H17NO2/c1-4-9(3)12(13-15)10-7-8(2)5-6-11(10)14/h5-7,9,14-15H,4H2,1-3H3/b13-12+. The first-order valence-corrected chi connectivity index (χ1v) is 5.12. The molecule has 1 rings (SSSR count). The van der Waals surface area contributed by atoms with Crippen molar-refractivity contribution in [2.45, 2.75) is 27.2 Å². The summed E-state index contributed by atoms with van der Waals surface area (Å²) < 4.78 is 0. The second kappa shape index (κ2) is 4.82. The molecule has 0 aromatic heterocycles. The Kier molecular flexibility index (Phi) is 3.72. The van der Waals surface area contributed by atoms with E-state index >= 15 is 0 Å². The second-order valence-corrected chi connectivity index (χ2v) is 3.82. The molecule has 0 radical (unpaired) electrons. The summed E-state index contributed by atoms with van der Waals surface area (Å²) in [5, 5.41) is 21.9. The fourth-order valence-corrected chi connectivity index (χ4v) is 1.47. The fraction of sp³-hybridized carbons (Fsp3) is 0.417. The van der Waals surface area contributed by atoms with Gasteiger partial charge in [0.05, 0.1) is 5.71 Å². The van der Waals surface area contributed by atoms with E-state index in [0.717, 1.165) is 12.0 Å². The number of phenols is 1. The Morgan fingerprint density at radius 1 is 1.47 bits per heavy atom. The van der Waals surface area contributed by atoms with Gasteiger partial charge in [-0.3, -0.25) is 0 Å². The lowest BCUT2D eigenvalue weighted by molar-refractivity contribution is 0.315. The van der Waals surface area contributed by atoms with Gasteiger partial charge in [-0.2, -0.15) is 0 Å². The molecule has 0 heterocycles. The van der Waals surface area contributed by atoms with Crippen molar-refractivity contribution < 1.29 is 10.3 Å². The number of hydrogen-bond donors (Lipinski definition) is 2. The van der Waals surface area contributed by atoms with Crippen molar-refractivity contribution in [2.24, 2.45) is 11.1 Å². The van der Waals surface area contributed by atoms with Crippen LogP contribution in [-0.2, 0) is 0 Å². The average molecular weight is 207 g/mol. The molecule has 3 heteroatoms. The average Bonchev–Trinajstić information content (AvgIpc) is 2.23. The quantitative estimate of drug-likeness (QED) is 0.455. The van der Waals surface area contributed by atoms with Gasteiger partial charge in [0.2, 0.25) is 0 Å². The van der Waals surface area contributed by atoms with Gasteiger partial charge in [0.1, 0.15) is 5.75 Å². The molecular weight excluding hydrogens is 190 g/mol. The molecule has 0 aliphatic carbocycles. The highest BCUT2D eigenvalue weighted by Crippen LogP contribution is 2.23. The molecule has 0 aliphatic heterocycles. The van der Waals surface area contributed by atoms with E-state index in [-0.39, 0.29) is 11.7 Å². The molecule has 1 atom stereocenters. The topological polar surface area (TPSA) is 52.8 Å². The molecule has 3 nitrogen and oxygen atoms in total. The summed E-state index contributed by atoms with van der Waals surface area (Å²) in [5.41, 5.74) is 2.19. The van der Waals surface area contributed by atoms with Crippen LogP contribution in [-0.4, -0.2) is 16.0 Å². The third kappa shape index (κ3) is 2.49. The summed E-state index contributed by atoms with van der Waals surface area (Å²) in [6.07, 6.45) is 0.868. The van der Waals surface area contributed by atoms with Crippen LogP contribution >= 0.6 is 0 Å². The van der Waals surface area contributed by atoms with E-state index in [1.54, 1.807) is 6.07 Å². The summed E-state index contributed by atoms with van der Waals surface area (Å²) >= 11 is 0. The van der Waals surface area contributed by atoms with Crippen LogP contribution in [0.1, 0.15) is 31.4 Å². The highest BCUT2D eigenvalue weighted by molar-refractivity contribution is 6.03. The molecule has 82 valence electrons. The lowest BCUT2D eigenvalue weighted by Gasteiger charge is -2.12. The highest BCUT2D eigenvalue weighted by atomic mass is 16.4. The zero-order chi connectivity index (χ0) is 11.4. The predicted octanol–water partition coefficient (Wildman–Crippen LogP) is 2.93. The van der Waals surface area contributed by atoms with Gasteiger partial charge in [0.25, 0.3) is 0 Å². The Morgan fingerprint density at radius 3 is 2.67 bits per heavy atom. The Hall–Kier alpha value is -1.51. The van der Waals surface area contributed by atoms with Crippen LogP contribution < -0.4 is 0 Å².